The molecule has 1 amide bonds. The second kappa shape index (κ2) is 6.07. The third kappa shape index (κ3) is 3.37. The topological polar surface area (TPSA) is 119 Å². The van der Waals surface area contributed by atoms with Crippen LogP contribution in [0.25, 0.3) is 11.0 Å². The molecule has 2 heterocycles. The number of aromatic nitrogens is 2. The second-order valence-corrected chi connectivity index (χ2v) is 8.30. The van der Waals surface area contributed by atoms with Crippen molar-refractivity contribution in [3.05, 3.63) is 44.7 Å². The van der Waals surface area contributed by atoms with E-state index in [0.717, 1.165) is 12.3 Å². The fraction of sp³-hybridized carbons (Fsp3) is 0.0769. The molecule has 0 bridgehead atoms. The normalized spacial score (nSPS) is 11.6. The van der Waals surface area contributed by atoms with Gasteiger partial charge < -0.3 is 4.42 Å². The summed E-state index contributed by atoms with van der Waals surface area (Å²) in [5, 5.41) is 2.29. The van der Waals surface area contributed by atoms with Crippen LogP contribution in [-0.2, 0) is 9.84 Å². The van der Waals surface area contributed by atoms with Gasteiger partial charge in [0.05, 0.1) is 5.39 Å². The Balaban J connectivity index is 1.94. The zero-order valence-corrected chi connectivity index (χ0v) is 15.2. The largest absolute Gasteiger partial charge is 0.451 e. The van der Waals surface area contributed by atoms with E-state index in [2.05, 4.69) is 30.6 Å². The van der Waals surface area contributed by atoms with Gasteiger partial charge in [-0.3, -0.25) is 14.9 Å². The Kier molecular flexibility index (Phi) is 4.24. The molecule has 0 fully saturated rings. The molecule has 124 valence electrons. The van der Waals surface area contributed by atoms with E-state index in [1.807, 2.05) is 0 Å². The van der Waals surface area contributed by atoms with Gasteiger partial charge in [0.15, 0.2) is 11.2 Å². The molecule has 8 nitrogen and oxygen atoms in total. The summed E-state index contributed by atoms with van der Waals surface area (Å²) >= 11 is 3.97. The van der Waals surface area contributed by atoms with E-state index in [9.17, 15) is 18.0 Å². The van der Waals surface area contributed by atoms with Crippen molar-refractivity contribution in [2.75, 3.05) is 11.6 Å². The molecular weight excluding hydrogens is 422 g/mol. The maximum Gasteiger partial charge on any atom is 0.293 e. The maximum atomic E-state index is 12.2. The van der Waals surface area contributed by atoms with Gasteiger partial charge in [-0.05, 0) is 18.2 Å². The van der Waals surface area contributed by atoms with Gasteiger partial charge in [0.1, 0.15) is 5.58 Å². The number of carbonyl (C=O) groups excluding carboxylic acids is 1. The molecule has 1 N–H and O–H groups in total. The van der Waals surface area contributed by atoms with Crippen LogP contribution in [0.15, 0.2) is 43.1 Å². The lowest BCUT2D eigenvalue weighted by Crippen LogP contribution is -2.15. The van der Waals surface area contributed by atoms with Crippen molar-refractivity contribution in [1.82, 2.24) is 9.36 Å². The monoisotopic (exact) mass is 429 g/mol. The molecular formula is C13H8BrN3O5S2. The highest BCUT2D eigenvalue weighted by Gasteiger charge is 2.18. The number of nitrogens with zero attached hydrogens (tertiary/aromatic N) is 2. The van der Waals surface area contributed by atoms with Crippen molar-refractivity contribution in [3.63, 3.8) is 0 Å². The van der Waals surface area contributed by atoms with Crippen LogP contribution in [0.2, 0.25) is 0 Å². The van der Waals surface area contributed by atoms with Crippen molar-refractivity contribution in [3.8, 4) is 0 Å². The average molecular weight is 430 g/mol. The minimum absolute atomic E-state index is 0.0163. The summed E-state index contributed by atoms with van der Waals surface area (Å²) in [5.74, 6) is -0.952. The third-order valence-corrected chi connectivity index (χ3v) is 4.96. The zero-order valence-electron chi connectivity index (χ0n) is 11.9. The molecule has 0 aliphatic heterocycles. The Morgan fingerprint density at radius 3 is 2.75 bits per heavy atom. The first-order valence-electron chi connectivity index (χ1n) is 6.32. The first kappa shape index (κ1) is 16.7. The second-order valence-electron chi connectivity index (χ2n) is 4.72. The van der Waals surface area contributed by atoms with Crippen LogP contribution >= 0.6 is 27.5 Å². The number of fused-ring (bicyclic) bond motifs is 1. The average Bonchev–Trinajstić information content (AvgIpc) is 2.95. The third-order valence-electron chi connectivity index (χ3n) is 2.87. The molecule has 24 heavy (non-hydrogen) atoms. The van der Waals surface area contributed by atoms with E-state index in [1.54, 1.807) is 18.2 Å². The van der Waals surface area contributed by atoms with Gasteiger partial charge in [-0.2, -0.15) is 9.36 Å². The van der Waals surface area contributed by atoms with Crippen LogP contribution in [0.3, 0.4) is 0 Å². The van der Waals surface area contributed by atoms with Crippen molar-refractivity contribution < 1.29 is 17.6 Å². The molecule has 0 saturated carbocycles. The lowest BCUT2D eigenvalue weighted by Gasteiger charge is -2.03. The summed E-state index contributed by atoms with van der Waals surface area (Å²) in [6, 6.07) is 5.90. The van der Waals surface area contributed by atoms with Crippen molar-refractivity contribution in [2.45, 2.75) is 5.16 Å². The minimum atomic E-state index is -3.56. The quantitative estimate of drug-likeness (QED) is 0.676. The summed E-state index contributed by atoms with van der Waals surface area (Å²) in [6.07, 6.45) is 0.959. The molecule has 0 saturated heterocycles. The number of sulfone groups is 1. The highest BCUT2D eigenvalue weighted by atomic mass is 79.9. The van der Waals surface area contributed by atoms with Gasteiger partial charge in [0.25, 0.3) is 11.1 Å². The fourth-order valence-corrected chi connectivity index (χ4v) is 3.59. The van der Waals surface area contributed by atoms with Gasteiger partial charge in [0.2, 0.25) is 15.0 Å². The van der Waals surface area contributed by atoms with Crippen LogP contribution in [0, 0.1) is 0 Å². The Labute approximate surface area is 147 Å². The van der Waals surface area contributed by atoms with E-state index in [1.165, 1.54) is 0 Å². The Morgan fingerprint density at radius 2 is 2.08 bits per heavy atom. The Bertz CT molecular complexity index is 1120. The number of hydrogen-bond donors (Lipinski definition) is 1. The van der Waals surface area contributed by atoms with E-state index >= 15 is 0 Å². The summed E-state index contributed by atoms with van der Waals surface area (Å²) in [6.45, 7) is 0. The molecule has 0 atom stereocenters. The maximum absolute atomic E-state index is 12.2. The number of hydrogen-bond acceptors (Lipinski definition) is 8. The van der Waals surface area contributed by atoms with E-state index in [4.69, 9.17) is 4.42 Å². The summed E-state index contributed by atoms with van der Waals surface area (Å²) in [7, 11) is -3.56. The number of anilines is 1. The highest BCUT2D eigenvalue weighted by Crippen LogP contribution is 2.20. The highest BCUT2D eigenvalue weighted by molar-refractivity contribution is 9.10. The van der Waals surface area contributed by atoms with Crippen LogP contribution in [-0.4, -0.2) is 29.9 Å². The first-order chi connectivity index (χ1) is 11.2. The molecule has 1 aromatic carbocycles. The van der Waals surface area contributed by atoms with E-state index in [-0.39, 0.29) is 27.1 Å². The lowest BCUT2D eigenvalue weighted by molar-refractivity contribution is 0.0997. The SMILES string of the molecule is CS(=O)(=O)c1nsc(NC(=O)c2cc(=O)c3ccc(Br)cc3o2)n1. The minimum Gasteiger partial charge on any atom is -0.451 e. The number of amides is 1. The number of benzene rings is 1. The van der Waals surface area contributed by atoms with E-state index < -0.39 is 15.7 Å². The molecule has 0 aliphatic carbocycles. The van der Waals surface area contributed by atoms with Gasteiger partial charge >= 0.3 is 0 Å². The van der Waals surface area contributed by atoms with Crippen LogP contribution in [0.1, 0.15) is 10.6 Å². The molecule has 0 spiro atoms. The van der Waals surface area contributed by atoms with Crippen LogP contribution in [0.5, 0.6) is 0 Å². The standard InChI is InChI=1S/C13H8BrN3O5S2/c1-24(20,21)13-16-12(23-17-13)15-11(19)10-5-8(18)7-3-2-6(14)4-9(7)22-10/h2-5H,1H3,(H,15,16,17,19). The van der Waals surface area contributed by atoms with Crippen molar-refractivity contribution in [2.24, 2.45) is 0 Å². The fourth-order valence-electron chi connectivity index (χ4n) is 1.81. The van der Waals surface area contributed by atoms with Crippen molar-refractivity contribution >= 4 is 59.3 Å². The zero-order chi connectivity index (χ0) is 17.5. The number of halogens is 1. The molecule has 0 aliphatic rings. The lowest BCUT2D eigenvalue weighted by atomic mass is 10.2. The molecule has 0 radical (unpaired) electrons. The number of nitrogens with one attached hydrogen (secondary N) is 1. The summed E-state index contributed by atoms with van der Waals surface area (Å²) < 4.78 is 32.4. The predicted molar refractivity (Wildman–Crippen MR) is 91.2 cm³/mol. The van der Waals surface area contributed by atoms with Gasteiger partial charge in [-0.1, -0.05) is 15.9 Å². The number of carbonyl (C=O) groups is 1. The molecule has 3 rings (SSSR count). The predicted octanol–water partition coefficient (Wildman–Crippen LogP) is 2.06. The van der Waals surface area contributed by atoms with Crippen molar-refractivity contribution in [1.29, 1.82) is 0 Å². The Morgan fingerprint density at radius 1 is 1.33 bits per heavy atom. The summed E-state index contributed by atoms with van der Waals surface area (Å²) in [5.41, 5.74) is -0.126. The van der Waals surface area contributed by atoms with Gasteiger partial charge in [-0.15, -0.1) is 0 Å². The molecule has 3 aromatic rings. The molecule has 0 unspecified atom stereocenters. The first-order valence-corrected chi connectivity index (χ1v) is 9.78. The smallest absolute Gasteiger partial charge is 0.293 e. The van der Waals surface area contributed by atoms with Gasteiger partial charge in [-0.25, -0.2) is 8.42 Å². The van der Waals surface area contributed by atoms with Gasteiger partial charge in [0, 0.05) is 28.3 Å². The van der Waals surface area contributed by atoms with E-state index in [0.29, 0.717) is 21.4 Å². The summed E-state index contributed by atoms with van der Waals surface area (Å²) in [4.78, 5) is 27.9. The molecule has 2 aromatic heterocycles. The van der Waals surface area contributed by atoms with Crippen LogP contribution < -0.4 is 10.7 Å². The number of rotatable bonds is 3. The van der Waals surface area contributed by atoms with Crippen LogP contribution in [0.4, 0.5) is 5.13 Å². The molecule has 11 heteroatoms. The Hall–Kier alpha value is -2.11.